The molecule has 0 saturated carbocycles. The lowest BCUT2D eigenvalue weighted by Crippen LogP contribution is -2.15. The summed E-state index contributed by atoms with van der Waals surface area (Å²) in [5.41, 5.74) is 12.0. The van der Waals surface area contributed by atoms with Crippen LogP contribution in [0.3, 0.4) is 0 Å². The van der Waals surface area contributed by atoms with Gasteiger partial charge < -0.3 is 4.42 Å². The molecular weight excluding hydrogens is 560 g/mol. The minimum Gasteiger partial charge on any atom is -0.456 e. The number of hydrogen-bond acceptors (Lipinski definition) is 3. The van der Waals surface area contributed by atoms with Crippen molar-refractivity contribution in [1.82, 2.24) is 0 Å². The van der Waals surface area contributed by atoms with E-state index in [1.807, 2.05) is 42.5 Å². The van der Waals surface area contributed by atoms with Crippen LogP contribution in [0, 0.1) is 22.7 Å². The van der Waals surface area contributed by atoms with E-state index in [9.17, 15) is 10.5 Å². The van der Waals surface area contributed by atoms with Crippen LogP contribution in [-0.2, 0) is 5.41 Å². The van der Waals surface area contributed by atoms with E-state index >= 15 is 0 Å². The normalized spacial score (nSPS) is 13.1. The molecule has 1 aromatic heterocycles. The summed E-state index contributed by atoms with van der Waals surface area (Å²) >= 11 is 0. The summed E-state index contributed by atoms with van der Waals surface area (Å²) in [5.74, 6) is 0. The highest BCUT2D eigenvalue weighted by molar-refractivity contribution is 6.16. The van der Waals surface area contributed by atoms with Crippen LogP contribution in [0.2, 0.25) is 0 Å². The van der Waals surface area contributed by atoms with Crippen molar-refractivity contribution < 1.29 is 4.42 Å². The van der Waals surface area contributed by atoms with E-state index in [1.54, 1.807) is 0 Å². The fraction of sp³-hybridized carbons (Fsp3) is 0.0698. The third-order valence-corrected chi connectivity index (χ3v) is 9.89. The number of furan rings is 1. The van der Waals surface area contributed by atoms with Crippen LogP contribution in [0.5, 0.6) is 0 Å². The van der Waals surface area contributed by atoms with Crippen molar-refractivity contribution in [1.29, 1.82) is 10.5 Å². The molecule has 46 heavy (non-hydrogen) atoms. The first-order valence-corrected chi connectivity index (χ1v) is 15.5. The van der Waals surface area contributed by atoms with E-state index in [-0.39, 0.29) is 5.41 Å². The first-order chi connectivity index (χ1) is 22.5. The topological polar surface area (TPSA) is 60.7 Å². The fourth-order valence-corrected chi connectivity index (χ4v) is 7.73. The van der Waals surface area contributed by atoms with E-state index < -0.39 is 0 Å². The summed E-state index contributed by atoms with van der Waals surface area (Å²) in [7, 11) is 0. The third-order valence-electron chi connectivity index (χ3n) is 9.89. The van der Waals surface area contributed by atoms with Crippen molar-refractivity contribution in [2.45, 2.75) is 19.3 Å². The van der Waals surface area contributed by atoms with Crippen LogP contribution < -0.4 is 0 Å². The molecule has 3 heteroatoms. The Morgan fingerprint density at radius 2 is 1.26 bits per heavy atom. The molecule has 0 saturated heterocycles. The second-order valence-electron chi connectivity index (χ2n) is 12.7. The molecule has 1 aliphatic rings. The summed E-state index contributed by atoms with van der Waals surface area (Å²) < 4.78 is 6.66. The van der Waals surface area contributed by atoms with Gasteiger partial charge in [0.1, 0.15) is 11.2 Å². The number of nitriles is 2. The van der Waals surface area contributed by atoms with Crippen molar-refractivity contribution in [3.63, 3.8) is 0 Å². The largest absolute Gasteiger partial charge is 0.456 e. The van der Waals surface area contributed by atoms with E-state index in [0.29, 0.717) is 11.1 Å². The zero-order valence-electron chi connectivity index (χ0n) is 25.3. The summed E-state index contributed by atoms with van der Waals surface area (Å²) in [6.45, 7) is 4.57. The summed E-state index contributed by atoms with van der Waals surface area (Å²) in [4.78, 5) is 0. The molecule has 9 rings (SSSR count). The third kappa shape index (κ3) is 3.58. The smallest absolute Gasteiger partial charge is 0.140 e. The Labute approximate surface area is 266 Å². The molecule has 1 aliphatic carbocycles. The van der Waals surface area contributed by atoms with Crippen LogP contribution >= 0.6 is 0 Å². The van der Waals surface area contributed by atoms with Crippen LogP contribution in [0.4, 0.5) is 0 Å². The predicted molar refractivity (Wildman–Crippen MR) is 187 cm³/mol. The van der Waals surface area contributed by atoms with Gasteiger partial charge in [0.2, 0.25) is 0 Å². The van der Waals surface area contributed by atoms with Crippen molar-refractivity contribution in [3.05, 3.63) is 144 Å². The molecule has 0 unspecified atom stereocenters. The van der Waals surface area contributed by atoms with Crippen molar-refractivity contribution in [2.24, 2.45) is 0 Å². The Morgan fingerprint density at radius 1 is 0.522 bits per heavy atom. The Hall–Kier alpha value is -6.16. The van der Waals surface area contributed by atoms with Gasteiger partial charge >= 0.3 is 0 Å². The minimum atomic E-state index is -0.176. The highest BCUT2D eigenvalue weighted by atomic mass is 16.3. The summed E-state index contributed by atoms with van der Waals surface area (Å²) in [6, 6.07) is 46.5. The average molecular weight is 587 g/mol. The van der Waals surface area contributed by atoms with Gasteiger partial charge in [-0.05, 0) is 109 Å². The van der Waals surface area contributed by atoms with E-state index in [4.69, 9.17) is 4.42 Å². The molecule has 7 aromatic carbocycles. The van der Waals surface area contributed by atoms with Gasteiger partial charge in [-0.3, -0.25) is 0 Å². The monoisotopic (exact) mass is 586 g/mol. The predicted octanol–water partition coefficient (Wildman–Crippen LogP) is 11.3. The molecule has 0 aliphatic heterocycles. The molecule has 3 nitrogen and oxygen atoms in total. The Bertz CT molecular complexity index is 2690. The molecule has 0 bridgehead atoms. The molecule has 1 heterocycles. The highest BCUT2D eigenvalue weighted by Gasteiger charge is 2.38. The van der Waals surface area contributed by atoms with Gasteiger partial charge in [0, 0.05) is 21.8 Å². The zero-order valence-corrected chi connectivity index (χ0v) is 25.3. The second kappa shape index (κ2) is 9.42. The molecule has 8 aromatic rings. The summed E-state index contributed by atoms with van der Waals surface area (Å²) in [6.07, 6.45) is 0. The lowest BCUT2D eigenvalue weighted by Gasteiger charge is -2.21. The van der Waals surface area contributed by atoms with Crippen molar-refractivity contribution in [2.75, 3.05) is 0 Å². The van der Waals surface area contributed by atoms with Crippen LogP contribution in [-0.4, -0.2) is 0 Å². The maximum absolute atomic E-state index is 9.94. The van der Waals surface area contributed by atoms with Gasteiger partial charge in [-0.15, -0.1) is 0 Å². The molecule has 0 amide bonds. The average Bonchev–Trinajstić information content (AvgIpc) is 3.58. The van der Waals surface area contributed by atoms with E-state index in [0.717, 1.165) is 65.7 Å². The van der Waals surface area contributed by atoms with Gasteiger partial charge in [0.05, 0.1) is 23.3 Å². The maximum atomic E-state index is 9.94. The quantitative estimate of drug-likeness (QED) is 0.189. The molecule has 0 N–H and O–H groups in total. The minimum absolute atomic E-state index is 0.176. The number of nitrogens with zero attached hydrogens (tertiary/aromatic N) is 2. The molecule has 0 radical (unpaired) electrons. The van der Waals surface area contributed by atoms with Gasteiger partial charge in [0.15, 0.2) is 0 Å². The summed E-state index contributed by atoms with van der Waals surface area (Å²) in [5, 5.41) is 26.1. The highest BCUT2D eigenvalue weighted by Crippen LogP contribution is 2.52. The number of benzene rings is 7. The van der Waals surface area contributed by atoms with Gasteiger partial charge in [-0.1, -0.05) is 86.6 Å². The van der Waals surface area contributed by atoms with E-state index in [1.165, 1.54) is 22.3 Å². The van der Waals surface area contributed by atoms with Gasteiger partial charge in [-0.25, -0.2) is 0 Å². The first-order valence-electron chi connectivity index (χ1n) is 15.5. The van der Waals surface area contributed by atoms with Crippen LogP contribution in [0.1, 0.15) is 36.1 Å². The lowest BCUT2D eigenvalue weighted by atomic mass is 9.82. The standard InChI is InChI=1S/C43H26N2O/c1-43(2)39-10-6-5-9-32(39)33-16-17-34-38-22-28(13-18-40(38)46-42(34)41(33)43)30-14-11-25(23-44)20-36(30)37-21-27-7-3-4-8-29(27)35-19-26(24-45)12-15-31(35)37/h3-22H,1-2H3. The van der Waals surface area contributed by atoms with Crippen LogP contribution in [0.15, 0.2) is 126 Å². The van der Waals surface area contributed by atoms with E-state index in [2.05, 4.69) is 105 Å². The van der Waals surface area contributed by atoms with Gasteiger partial charge in [0.25, 0.3) is 0 Å². The number of rotatable bonds is 2. The first kappa shape index (κ1) is 26.3. The zero-order chi connectivity index (χ0) is 31.2. The molecule has 0 spiro atoms. The van der Waals surface area contributed by atoms with Crippen molar-refractivity contribution >= 4 is 43.5 Å². The molecule has 0 fully saturated rings. The number of fused-ring (bicyclic) bond motifs is 10. The van der Waals surface area contributed by atoms with Crippen molar-refractivity contribution in [3.8, 4) is 45.5 Å². The van der Waals surface area contributed by atoms with Gasteiger partial charge in [-0.2, -0.15) is 10.5 Å². The fourth-order valence-electron chi connectivity index (χ4n) is 7.73. The Balaban J connectivity index is 1.30. The number of hydrogen-bond donors (Lipinski definition) is 0. The Kier molecular flexibility index (Phi) is 5.38. The lowest BCUT2D eigenvalue weighted by molar-refractivity contribution is 0.620. The molecule has 214 valence electrons. The Morgan fingerprint density at radius 3 is 2.13 bits per heavy atom. The molecule has 0 atom stereocenters. The molecular formula is C43H26N2O. The second-order valence-corrected chi connectivity index (χ2v) is 12.7. The maximum Gasteiger partial charge on any atom is 0.140 e. The SMILES string of the molecule is CC1(C)c2ccccc2-c2ccc3c(oc4ccc(-c5ccc(C#N)cc5-c5cc6ccccc6c6cc(C#N)ccc56)cc43)c21. The van der Waals surface area contributed by atoms with Crippen LogP contribution in [0.25, 0.3) is 76.9 Å².